The van der Waals surface area contributed by atoms with Crippen LogP contribution in [0.5, 0.6) is 5.75 Å². The Morgan fingerprint density at radius 1 is 1.35 bits per heavy atom. The summed E-state index contributed by atoms with van der Waals surface area (Å²) in [6.07, 6.45) is 2.17. The zero-order chi connectivity index (χ0) is 12.5. The minimum absolute atomic E-state index is 0.193. The number of carbonyl (C=O) groups excluding carboxylic acids is 1. The van der Waals surface area contributed by atoms with Gasteiger partial charge in [0.25, 0.3) is 0 Å². The number of hydrogen-bond donors (Lipinski definition) is 1. The van der Waals surface area contributed by atoms with E-state index in [2.05, 4.69) is 5.32 Å². The molecule has 0 spiro atoms. The van der Waals surface area contributed by atoms with Crippen LogP contribution in [-0.2, 0) is 11.2 Å². The van der Waals surface area contributed by atoms with Crippen LogP contribution in [0.2, 0.25) is 0 Å². The zero-order valence-corrected chi connectivity index (χ0v) is 10.7. The molecule has 0 bridgehead atoms. The molecule has 1 aromatic carbocycles. The lowest BCUT2D eigenvalue weighted by atomic mass is 9.97. The molecule has 1 N–H and O–H groups in total. The Morgan fingerprint density at radius 3 is 2.82 bits per heavy atom. The maximum absolute atomic E-state index is 11.8. The van der Waals surface area contributed by atoms with E-state index < -0.39 is 5.41 Å². The van der Waals surface area contributed by atoms with Crippen molar-refractivity contribution in [2.45, 2.75) is 33.6 Å². The SMILES string of the molecule is CC(C)(C)C(=O)Oc1ccc2c(c1)CCCN2. The minimum atomic E-state index is -0.464. The summed E-state index contributed by atoms with van der Waals surface area (Å²) in [4.78, 5) is 11.8. The van der Waals surface area contributed by atoms with Crippen LogP contribution < -0.4 is 10.1 Å². The van der Waals surface area contributed by atoms with E-state index in [4.69, 9.17) is 4.74 Å². The fourth-order valence-corrected chi connectivity index (χ4v) is 1.77. The number of carbonyl (C=O) groups is 1. The molecule has 3 heteroatoms. The summed E-state index contributed by atoms with van der Waals surface area (Å²) in [6.45, 7) is 6.59. The number of nitrogens with one attached hydrogen (secondary N) is 1. The summed E-state index contributed by atoms with van der Waals surface area (Å²) in [5, 5.41) is 3.33. The van der Waals surface area contributed by atoms with Gasteiger partial charge in [0.05, 0.1) is 5.41 Å². The Bertz CT molecular complexity index is 432. The molecular weight excluding hydrogens is 214 g/mol. The van der Waals surface area contributed by atoms with Gasteiger partial charge in [-0.3, -0.25) is 4.79 Å². The molecule has 1 heterocycles. The first-order valence-electron chi connectivity index (χ1n) is 6.06. The Kier molecular flexibility index (Phi) is 3.09. The van der Waals surface area contributed by atoms with Gasteiger partial charge in [0.15, 0.2) is 0 Å². The second-order valence-electron chi connectivity index (χ2n) is 5.49. The third-order valence-corrected chi connectivity index (χ3v) is 2.84. The van der Waals surface area contributed by atoms with E-state index in [9.17, 15) is 4.79 Å². The third-order valence-electron chi connectivity index (χ3n) is 2.84. The van der Waals surface area contributed by atoms with E-state index in [1.165, 1.54) is 5.56 Å². The molecule has 3 nitrogen and oxygen atoms in total. The smallest absolute Gasteiger partial charge is 0.316 e. The molecule has 0 amide bonds. The molecule has 17 heavy (non-hydrogen) atoms. The first kappa shape index (κ1) is 12.0. The molecule has 92 valence electrons. The van der Waals surface area contributed by atoms with Crippen molar-refractivity contribution in [3.63, 3.8) is 0 Å². The number of rotatable bonds is 1. The van der Waals surface area contributed by atoms with Crippen molar-refractivity contribution >= 4 is 11.7 Å². The number of ether oxygens (including phenoxy) is 1. The zero-order valence-electron chi connectivity index (χ0n) is 10.7. The van der Waals surface area contributed by atoms with Crippen molar-refractivity contribution < 1.29 is 9.53 Å². The fraction of sp³-hybridized carbons (Fsp3) is 0.500. The van der Waals surface area contributed by atoms with Gasteiger partial charge in [-0.1, -0.05) is 0 Å². The molecule has 1 aliphatic rings. The molecule has 0 fully saturated rings. The average molecular weight is 233 g/mol. The van der Waals surface area contributed by atoms with Crippen molar-refractivity contribution in [3.8, 4) is 5.75 Å². The highest BCUT2D eigenvalue weighted by molar-refractivity contribution is 5.78. The molecule has 0 aliphatic carbocycles. The quantitative estimate of drug-likeness (QED) is 0.598. The molecule has 1 aliphatic heterocycles. The summed E-state index contributed by atoms with van der Waals surface area (Å²) < 4.78 is 5.38. The lowest BCUT2D eigenvalue weighted by molar-refractivity contribution is -0.142. The first-order chi connectivity index (χ1) is 7.97. The van der Waals surface area contributed by atoms with E-state index in [1.807, 2.05) is 39.0 Å². The van der Waals surface area contributed by atoms with Gasteiger partial charge in [-0.2, -0.15) is 0 Å². The normalized spacial score (nSPS) is 14.8. The third kappa shape index (κ3) is 2.78. The van der Waals surface area contributed by atoms with E-state index in [1.54, 1.807) is 0 Å². The van der Waals surface area contributed by atoms with Crippen LogP contribution in [0.25, 0.3) is 0 Å². The minimum Gasteiger partial charge on any atom is -0.426 e. The van der Waals surface area contributed by atoms with E-state index in [0.717, 1.165) is 25.1 Å². The van der Waals surface area contributed by atoms with Crippen LogP contribution in [0.15, 0.2) is 18.2 Å². The molecule has 0 radical (unpaired) electrons. The van der Waals surface area contributed by atoms with E-state index in [0.29, 0.717) is 5.75 Å². The lowest BCUT2D eigenvalue weighted by Crippen LogP contribution is -2.25. The Hall–Kier alpha value is -1.51. The second-order valence-corrected chi connectivity index (χ2v) is 5.49. The maximum atomic E-state index is 11.8. The van der Waals surface area contributed by atoms with Gasteiger partial charge in [-0.25, -0.2) is 0 Å². The van der Waals surface area contributed by atoms with Crippen molar-refractivity contribution in [1.82, 2.24) is 0 Å². The van der Waals surface area contributed by atoms with Gasteiger partial charge in [-0.05, 0) is 57.4 Å². The van der Waals surface area contributed by atoms with Crippen LogP contribution in [-0.4, -0.2) is 12.5 Å². The Labute approximate surface area is 102 Å². The van der Waals surface area contributed by atoms with Gasteiger partial charge in [0.2, 0.25) is 0 Å². The highest BCUT2D eigenvalue weighted by Gasteiger charge is 2.24. The lowest BCUT2D eigenvalue weighted by Gasteiger charge is -2.20. The molecule has 0 saturated heterocycles. The number of fused-ring (bicyclic) bond motifs is 1. The number of hydrogen-bond acceptors (Lipinski definition) is 3. The fourth-order valence-electron chi connectivity index (χ4n) is 1.77. The number of anilines is 1. The Balaban J connectivity index is 2.15. The molecular formula is C14H19NO2. The number of aryl methyl sites for hydroxylation is 1. The van der Waals surface area contributed by atoms with E-state index in [-0.39, 0.29) is 5.97 Å². The highest BCUT2D eigenvalue weighted by Crippen LogP contribution is 2.27. The first-order valence-corrected chi connectivity index (χ1v) is 6.06. The number of benzene rings is 1. The van der Waals surface area contributed by atoms with Gasteiger partial charge >= 0.3 is 5.97 Å². The largest absolute Gasteiger partial charge is 0.426 e. The summed E-state index contributed by atoms with van der Waals surface area (Å²) in [5.41, 5.74) is 1.93. The van der Waals surface area contributed by atoms with Crippen LogP contribution in [0.4, 0.5) is 5.69 Å². The molecule has 2 rings (SSSR count). The topological polar surface area (TPSA) is 38.3 Å². The Morgan fingerprint density at radius 2 is 2.12 bits per heavy atom. The molecule has 0 aromatic heterocycles. The van der Waals surface area contributed by atoms with Crippen LogP contribution in [0, 0.1) is 5.41 Å². The molecule has 1 aromatic rings. The predicted molar refractivity (Wildman–Crippen MR) is 68.3 cm³/mol. The molecule has 0 unspecified atom stereocenters. The summed E-state index contributed by atoms with van der Waals surface area (Å²) in [7, 11) is 0. The van der Waals surface area contributed by atoms with Crippen LogP contribution in [0.3, 0.4) is 0 Å². The van der Waals surface area contributed by atoms with Gasteiger partial charge in [-0.15, -0.1) is 0 Å². The van der Waals surface area contributed by atoms with Crippen LogP contribution in [0.1, 0.15) is 32.8 Å². The van der Waals surface area contributed by atoms with Crippen molar-refractivity contribution in [2.24, 2.45) is 5.41 Å². The van der Waals surface area contributed by atoms with Gasteiger partial charge in [0.1, 0.15) is 5.75 Å². The average Bonchev–Trinajstić information content (AvgIpc) is 2.27. The molecule has 0 saturated carbocycles. The van der Waals surface area contributed by atoms with Crippen molar-refractivity contribution in [3.05, 3.63) is 23.8 Å². The van der Waals surface area contributed by atoms with Gasteiger partial charge in [0, 0.05) is 12.2 Å². The van der Waals surface area contributed by atoms with Gasteiger partial charge < -0.3 is 10.1 Å². The van der Waals surface area contributed by atoms with Crippen molar-refractivity contribution in [2.75, 3.05) is 11.9 Å². The predicted octanol–water partition coefficient (Wildman–Crippen LogP) is 3.00. The standard InChI is InChI=1S/C14H19NO2/c1-14(2,3)13(16)17-11-6-7-12-10(9-11)5-4-8-15-12/h6-7,9,15H,4-5,8H2,1-3H3. The monoisotopic (exact) mass is 233 g/mol. The number of esters is 1. The van der Waals surface area contributed by atoms with Crippen LogP contribution >= 0.6 is 0 Å². The maximum Gasteiger partial charge on any atom is 0.316 e. The summed E-state index contributed by atoms with van der Waals surface area (Å²) in [6, 6.07) is 5.80. The molecule has 0 atom stereocenters. The van der Waals surface area contributed by atoms with E-state index >= 15 is 0 Å². The summed E-state index contributed by atoms with van der Waals surface area (Å²) in [5.74, 6) is 0.452. The highest BCUT2D eigenvalue weighted by atomic mass is 16.5. The van der Waals surface area contributed by atoms with Crippen molar-refractivity contribution in [1.29, 1.82) is 0 Å². The second kappa shape index (κ2) is 4.40. The summed E-state index contributed by atoms with van der Waals surface area (Å²) >= 11 is 0.